The number of hydrogen-bond acceptors (Lipinski definition) is 5. The molecule has 0 radical (unpaired) electrons. The summed E-state index contributed by atoms with van der Waals surface area (Å²) in [6.07, 6.45) is 0. The molecule has 8 heteroatoms. The molecule has 0 fully saturated rings. The molecule has 24 heavy (non-hydrogen) atoms. The smallest absolute Gasteiger partial charge is 0.338 e. The Morgan fingerprint density at radius 3 is 2.58 bits per heavy atom. The van der Waals surface area contributed by atoms with Crippen LogP contribution in [0.1, 0.15) is 25.5 Å². The molecule has 130 valence electrons. The van der Waals surface area contributed by atoms with E-state index in [1.165, 1.54) is 14.2 Å². The van der Waals surface area contributed by atoms with E-state index in [4.69, 9.17) is 14.2 Å². The number of esters is 1. The monoisotopic (exact) mass is 398 g/mol. The normalized spacial score (nSPS) is 17.0. The molecule has 0 bridgehead atoms. The highest BCUT2D eigenvalue weighted by atomic mass is 79.9. The van der Waals surface area contributed by atoms with Gasteiger partial charge < -0.3 is 24.8 Å². The van der Waals surface area contributed by atoms with E-state index in [-0.39, 0.29) is 6.61 Å². The molecule has 0 saturated heterocycles. The molecular weight excluding hydrogens is 380 g/mol. The zero-order valence-corrected chi connectivity index (χ0v) is 15.4. The van der Waals surface area contributed by atoms with Crippen molar-refractivity contribution < 1.29 is 23.8 Å². The summed E-state index contributed by atoms with van der Waals surface area (Å²) < 4.78 is 16.4. The second-order valence-corrected chi connectivity index (χ2v) is 5.88. The third kappa shape index (κ3) is 3.48. The van der Waals surface area contributed by atoms with Gasteiger partial charge >= 0.3 is 12.0 Å². The highest BCUT2D eigenvalue weighted by molar-refractivity contribution is 9.10. The van der Waals surface area contributed by atoms with E-state index >= 15 is 0 Å². The van der Waals surface area contributed by atoms with Crippen molar-refractivity contribution >= 4 is 27.9 Å². The van der Waals surface area contributed by atoms with Crippen LogP contribution >= 0.6 is 15.9 Å². The molecule has 1 aromatic rings. The largest absolute Gasteiger partial charge is 0.493 e. The van der Waals surface area contributed by atoms with Gasteiger partial charge in [0.15, 0.2) is 11.5 Å². The number of carbonyl (C=O) groups excluding carboxylic acids is 2. The Morgan fingerprint density at radius 2 is 2.00 bits per heavy atom. The van der Waals surface area contributed by atoms with Gasteiger partial charge in [-0.25, -0.2) is 9.59 Å². The minimum Gasteiger partial charge on any atom is -0.493 e. The van der Waals surface area contributed by atoms with Crippen molar-refractivity contribution in [2.45, 2.75) is 19.9 Å². The van der Waals surface area contributed by atoms with Gasteiger partial charge in [0.05, 0.1) is 36.9 Å². The predicted molar refractivity (Wildman–Crippen MR) is 91.0 cm³/mol. The lowest BCUT2D eigenvalue weighted by molar-refractivity contribution is -0.139. The lowest BCUT2D eigenvalue weighted by atomic mass is 9.95. The van der Waals surface area contributed by atoms with E-state index in [1.54, 1.807) is 26.0 Å². The summed E-state index contributed by atoms with van der Waals surface area (Å²) in [5, 5.41) is 5.34. The molecule has 2 amide bonds. The first-order valence-electron chi connectivity index (χ1n) is 7.29. The molecule has 0 spiro atoms. The molecule has 2 rings (SSSR count). The molecule has 2 N–H and O–H groups in total. The highest BCUT2D eigenvalue weighted by Gasteiger charge is 2.33. The third-order valence-electron chi connectivity index (χ3n) is 3.55. The summed E-state index contributed by atoms with van der Waals surface area (Å²) in [6.45, 7) is 3.63. The van der Waals surface area contributed by atoms with Gasteiger partial charge in [-0.3, -0.25) is 0 Å². The van der Waals surface area contributed by atoms with Crippen molar-refractivity contribution in [3.05, 3.63) is 33.4 Å². The van der Waals surface area contributed by atoms with Gasteiger partial charge in [0.2, 0.25) is 0 Å². The van der Waals surface area contributed by atoms with E-state index in [0.717, 1.165) is 0 Å². The van der Waals surface area contributed by atoms with E-state index < -0.39 is 18.0 Å². The zero-order valence-electron chi connectivity index (χ0n) is 13.9. The number of benzene rings is 1. The summed E-state index contributed by atoms with van der Waals surface area (Å²) in [4.78, 5) is 24.2. The molecule has 0 aliphatic carbocycles. The van der Waals surface area contributed by atoms with Gasteiger partial charge in [-0.2, -0.15) is 0 Å². The molecule has 7 nitrogen and oxygen atoms in total. The van der Waals surface area contributed by atoms with Gasteiger partial charge in [0.1, 0.15) is 0 Å². The first-order chi connectivity index (χ1) is 11.4. The summed E-state index contributed by atoms with van der Waals surface area (Å²) in [7, 11) is 3.05. The molecule has 1 aliphatic heterocycles. The van der Waals surface area contributed by atoms with E-state index in [1.807, 2.05) is 0 Å². The van der Waals surface area contributed by atoms with Gasteiger partial charge in [0, 0.05) is 5.70 Å². The van der Waals surface area contributed by atoms with Crippen LogP contribution in [0.5, 0.6) is 11.5 Å². The summed E-state index contributed by atoms with van der Waals surface area (Å²) >= 11 is 3.42. The Bertz CT molecular complexity index is 702. The number of nitrogens with one attached hydrogen (secondary N) is 2. The molecule has 0 saturated carbocycles. The maximum Gasteiger partial charge on any atom is 0.338 e. The van der Waals surface area contributed by atoms with Crippen molar-refractivity contribution in [2.24, 2.45) is 0 Å². The SMILES string of the molecule is CCOC(=O)C1=C(C)NC(=O)NC1c1cc(Br)c(OC)c(OC)c1. The van der Waals surface area contributed by atoms with Crippen molar-refractivity contribution in [1.29, 1.82) is 0 Å². The fraction of sp³-hybridized carbons (Fsp3) is 0.375. The minimum atomic E-state index is -0.658. The number of urea groups is 1. The maximum atomic E-state index is 12.3. The summed E-state index contributed by atoms with van der Waals surface area (Å²) in [5.41, 5.74) is 1.46. The van der Waals surface area contributed by atoms with E-state index in [2.05, 4.69) is 26.6 Å². The number of rotatable bonds is 5. The van der Waals surface area contributed by atoms with E-state index in [0.29, 0.717) is 32.8 Å². The second-order valence-electron chi connectivity index (χ2n) is 5.03. The average Bonchev–Trinajstić information content (AvgIpc) is 2.53. The Kier molecular flexibility index (Phi) is 5.71. The Hall–Kier alpha value is -2.22. The van der Waals surface area contributed by atoms with Crippen molar-refractivity contribution in [1.82, 2.24) is 10.6 Å². The quantitative estimate of drug-likeness (QED) is 0.744. The second kappa shape index (κ2) is 7.57. The van der Waals surface area contributed by atoms with Gasteiger partial charge in [0.25, 0.3) is 0 Å². The van der Waals surface area contributed by atoms with Crippen LogP contribution in [-0.4, -0.2) is 32.8 Å². The molecule has 1 heterocycles. The molecular formula is C16H19BrN2O5. The van der Waals surface area contributed by atoms with Crippen LogP contribution in [0.25, 0.3) is 0 Å². The number of amides is 2. The van der Waals surface area contributed by atoms with Gasteiger partial charge in [-0.1, -0.05) is 0 Å². The fourth-order valence-corrected chi connectivity index (χ4v) is 3.15. The number of hydrogen-bond donors (Lipinski definition) is 2. The number of halogens is 1. The Labute approximate surface area is 148 Å². The fourth-order valence-electron chi connectivity index (χ4n) is 2.53. The molecule has 1 aromatic carbocycles. The minimum absolute atomic E-state index is 0.242. The predicted octanol–water partition coefficient (Wildman–Crippen LogP) is 2.66. The van der Waals surface area contributed by atoms with Crippen LogP contribution in [0, 0.1) is 0 Å². The van der Waals surface area contributed by atoms with Crippen LogP contribution in [0.2, 0.25) is 0 Å². The standard InChI is InChI=1S/C16H19BrN2O5/c1-5-24-15(20)12-8(2)18-16(21)19-13(12)9-6-10(17)14(23-4)11(7-9)22-3/h6-7,13H,5H2,1-4H3,(H2,18,19,21). The van der Waals surface area contributed by atoms with E-state index in [9.17, 15) is 9.59 Å². The topological polar surface area (TPSA) is 85.9 Å². The molecule has 1 aliphatic rings. The lowest BCUT2D eigenvalue weighted by Crippen LogP contribution is -2.45. The van der Waals surface area contributed by atoms with Crippen LogP contribution < -0.4 is 20.1 Å². The van der Waals surface area contributed by atoms with Crippen molar-refractivity contribution in [2.75, 3.05) is 20.8 Å². The Morgan fingerprint density at radius 1 is 1.29 bits per heavy atom. The molecule has 1 unspecified atom stereocenters. The van der Waals surface area contributed by atoms with Crippen molar-refractivity contribution in [3.63, 3.8) is 0 Å². The molecule has 1 atom stereocenters. The lowest BCUT2D eigenvalue weighted by Gasteiger charge is -2.28. The van der Waals surface area contributed by atoms with Gasteiger partial charge in [-0.15, -0.1) is 0 Å². The number of carbonyl (C=O) groups is 2. The number of ether oxygens (including phenoxy) is 3. The maximum absolute atomic E-state index is 12.3. The highest BCUT2D eigenvalue weighted by Crippen LogP contribution is 2.40. The first-order valence-corrected chi connectivity index (χ1v) is 8.09. The van der Waals surface area contributed by atoms with Crippen LogP contribution in [-0.2, 0) is 9.53 Å². The summed E-state index contributed by atoms with van der Waals surface area (Å²) in [6, 6.07) is 2.43. The number of allylic oxidation sites excluding steroid dienone is 1. The molecule has 0 aromatic heterocycles. The van der Waals surface area contributed by atoms with Crippen LogP contribution in [0.15, 0.2) is 27.9 Å². The van der Waals surface area contributed by atoms with Crippen LogP contribution in [0.4, 0.5) is 4.79 Å². The van der Waals surface area contributed by atoms with Crippen molar-refractivity contribution in [3.8, 4) is 11.5 Å². The third-order valence-corrected chi connectivity index (χ3v) is 4.14. The zero-order chi connectivity index (χ0) is 17.9. The average molecular weight is 399 g/mol. The van der Waals surface area contributed by atoms with Gasteiger partial charge in [-0.05, 0) is 47.5 Å². The van der Waals surface area contributed by atoms with Crippen LogP contribution in [0.3, 0.4) is 0 Å². The number of methoxy groups -OCH3 is 2. The first kappa shape index (κ1) is 18.1. The Balaban J connectivity index is 2.55. The summed E-state index contributed by atoms with van der Waals surface area (Å²) in [5.74, 6) is 0.522.